The largest absolute Gasteiger partial charge is 0.398 e. The molecule has 0 spiro atoms. The molecule has 1 heterocycles. The molecule has 16 heavy (non-hydrogen) atoms. The Hall–Kier alpha value is -0.490. The third kappa shape index (κ3) is 3.01. The third-order valence-electron chi connectivity index (χ3n) is 1.77. The van der Waals surface area contributed by atoms with Gasteiger partial charge in [-0.3, -0.25) is 0 Å². The van der Waals surface area contributed by atoms with Crippen LogP contribution < -0.4 is 5.73 Å². The van der Waals surface area contributed by atoms with Gasteiger partial charge in [-0.05, 0) is 29.8 Å². The summed E-state index contributed by atoms with van der Waals surface area (Å²) in [5, 5.41) is 9.18. The Kier molecular flexibility index (Phi) is 3.91. The minimum absolute atomic E-state index is 0.458. The smallest absolute Gasteiger partial charge is 0.207 e. The molecular formula is C9H7Cl2N3S2. The van der Waals surface area contributed by atoms with Crippen molar-refractivity contribution in [3.8, 4) is 0 Å². The Morgan fingerprint density at radius 3 is 2.75 bits per heavy atom. The number of hydrogen-bond donors (Lipinski definition) is 1. The van der Waals surface area contributed by atoms with Gasteiger partial charge < -0.3 is 5.73 Å². The molecule has 1 aromatic carbocycles. The van der Waals surface area contributed by atoms with Crippen molar-refractivity contribution in [2.24, 2.45) is 0 Å². The summed E-state index contributed by atoms with van der Waals surface area (Å²) in [4.78, 5) is 0.982. The molecule has 7 heteroatoms. The lowest BCUT2D eigenvalue weighted by Crippen LogP contribution is -1.88. The first-order valence-corrected chi connectivity index (χ1v) is 6.86. The van der Waals surface area contributed by atoms with E-state index < -0.39 is 0 Å². The van der Waals surface area contributed by atoms with Crippen LogP contribution in [-0.2, 0) is 5.75 Å². The highest BCUT2D eigenvalue weighted by atomic mass is 35.5. The zero-order valence-corrected chi connectivity index (χ0v) is 11.1. The fraction of sp³-hybridized carbons (Fsp3) is 0.111. The van der Waals surface area contributed by atoms with Gasteiger partial charge in [0, 0.05) is 15.6 Å². The maximum atomic E-state index is 5.83. The van der Waals surface area contributed by atoms with Crippen molar-refractivity contribution in [3.63, 3.8) is 0 Å². The highest BCUT2D eigenvalue weighted by molar-refractivity contribution is 7.98. The lowest BCUT2D eigenvalue weighted by molar-refractivity contribution is 1.04. The van der Waals surface area contributed by atoms with Gasteiger partial charge in [-0.2, -0.15) is 0 Å². The number of benzene rings is 1. The second-order valence-electron chi connectivity index (χ2n) is 2.92. The Bertz CT molecular complexity index is 501. The first kappa shape index (κ1) is 12.0. The molecule has 0 aliphatic heterocycles. The van der Waals surface area contributed by atoms with E-state index in [1.807, 2.05) is 12.1 Å². The molecule has 0 aliphatic carbocycles. The molecule has 84 valence electrons. The zero-order valence-electron chi connectivity index (χ0n) is 7.98. The van der Waals surface area contributed by atoms with Gasteiger partial charge >= 0.3 is 0 Å². The first-order chi connectivity index (χ1) is 7.65. The molecular weight excluding hydrogens is 285 g/mol. The standard InChI is InChI=1S/C9H7Cl2N3S2/c10-5-1-2-7(6(12)3-5)15-4-8-13-14-9(11)16-8/h1-3H,4,12H2. The zero-order chi connectivity index (χ0) is 11.5. The van der Waals surface area contributed by atoms with Crippen LogP contribution in [-0.4, -0.2) is 10.2 Å². The van der Waals surface area contributed by atoms with Crippen molar-refractivity contribution < 1.29 is 0 Å². The minimum Gasteiger partial charge on any atom is -0.398 e. The molecule has 2 rings (SSSR count). The molecule has 1 aromatic heterocycles. The number of rotatable bonds is 3. The van der Waals surface area contributed by atoms with E-state index >= 15 is 0 Å². The average Bonchev–Trinajstić information content (AvgIpc) is 2.63. The van der Waals surface area contributed by atoms with Crippen molar-refractivity contribution in [2.75, 3.05) is 5.73 Å². The van der Waals surface area contributed by atoms with E-state index in [1.54, 1.807) is 17.8 Å². The molecule has 0 bridgehead atoms. The Labute approximate surface area is 111 Å². The van der Waals surface area contributed by atoms with E-state index in [4.69, 9.17) is 28.9 Å². The lowest BCUT2D eigenvalue weighted by Gasteiger charge is -2.03. The monoisotopic (exact) mass is 291 g/mol. The maximum absolute atomic E-state index is 5.83. The Morgan fingerprint density at radius 2 is 2.12 bits per heavy atom. The quantitative estimate of drug-likeness (QED) is 0.692. The molecule has 0 amide bonds. The number of nitrogens with two attached hydrogens (primary N) is 1. The van der Waals surface area contributed by atoms with Crippen LogP contribution in [0.4, 0.5) is 5.69 Å². The first-order valence-electron chi connectivity index (χ1n) is 4.31. The van der Waals surface area contributed by atoms with Crippen molar-refractivity contribution in [3.05, 3.63) is 32.7 Å². The topological polar surface area (TPSA) is 51.8 Å². The van der Waals surface area contributed by atoms with Crippen molar-refractivity contribution in [1.29, 1.82) is 0 Å². The normalized spacial score (nSPS) is 10.6. The molecule has 0 aliphatic rings. The SMILES string of the molecule is Nc1cc(Cl)ccc1SCc1nnc(Cl)s1. The fourth-order valence-corrected chi connectivity index (χ4v) is 3.06. The Morgan fingerprint density at radius 1 is 1.31 bits per heavy atom. The number of thioether (sulfide) groups is 1. The highest BCUT2D eigenvalue weighted by Crippen LogP contribution is 2.31. The molecule has 0 saturated carbocycles. The second kappa shape index (κ2) is 5.23. The third-order valence-corrected chi connectivity index (χ3v) is 4.30. The second-order valence-corrected chi connectivity index (χ2v) is 6.02. The van der Waals surface area contributed by atoms with E-state index in [0.717, 1.165) is 9.90 Å². The van der Waals surface area contributed by atoms with Gasteiger partial charge in [-0.25, -0.2) is 0 Å². The molecule has 0 saturated heterocycles. The van der Waals surface area contributed by atoms with Crippen LogP contribution in [0.2, 0.25) is 9.49 Å². The summed E-state index contributed by atoms with van der Waals surface area (Å²) in [6.07, 6.45) is 0. The molecule has 3 nitrogen and oxygen atoms in total. The summed E-state index contributed by atoms with van der Waals surface area (Å²) in [6.45, 7) is 0. The van der Waals surface area contributed by atoms with Crippen LogP contribution in [0.15, 0.2) is 23.1 Å². The van der Waals surface area contributed by atoms with Gasteiger partial charge in [0.25, 0.3) is 0 Å². The van der Waals surface area contributed by atoms with Crippen molar-refractivity contribution in [1.82, 2.24) is 10.2 Å². The van der Waals surface area contributed by atoms with Crippen LogP contribution in [0, 0.1) is 0 Å². The van der Waals surface area contributed by atoms with Crippen LogP contribution in [0.3, 0.4) is 0 Å². The highest BCUT2D eigenvalue weighted by Gasteiger charge is 2.05. The fourth-order valence-electron chi connectivity index (χ4n) is 1.08. The van der Waals surface area contributed by atoms with Gasteiger partial charge in [0.15, 0.2) is 0 Å². The maximum Gasteiger partial charge on any atom is 0.207 e. The van der Waals surface area contributed by atoms with Crippen LogP contribution >= 0.6 is 46.3 Å². The van der Waals surface area contributed by atoms with Gasteiger partial charge in [0.1, 0.15) is 5.01 Å². The molecule has 2 N–H and O–H groups in total. The summed E-state index contributed by atoms with van der Waals surface area (Å²) < 4.78 is 0.458. The molecule has 0 fully saturated rings. The number of nitrogens with zero attached hydrogens (tertiary/aromatic N) is 2. The lowest BCUT2D eigenvalue weighted by atomic mass is 10.3. The van der Waals surface area contributed by atoms with Crippen molar-refractivity contribution >= 4 is 52.0 Å². The number of aromatic nitrogens is 2. The van der Waals surface area contributed by atoms with Gasteiger partial charge in [0.05, 0.1) is 5.75 Å². The van der Waals surface area contributed by atoms with Crippen molar-refractivity contribution in [2.45, 2.75) is 10.6 Å². The summed E-state index contributed by atoms with van der Waals surface area (Å²) in [5.41, 5.74) is 6.50. The van der Waals surface area contributed by atoms with Crippen LogP contribution in [0.25, 0.3) is 0 Å². The summed E-state index contributed by atoms with van der Waals surface area (Å²) in [7, 11) is 0. The minimum atomic E-state index is 0.458. The predicted octanol–water partition coefficient (Wildman–Crippen LogP) is 3.72. The van der Waals surface area contributed by atoms with Gasteiger partial charge in [-0.15, -0.1) is 22.0 Å². The van der Waals surface area contributed by atoms with E-state index in [0.29, 0.717) is 20.9 Å². The predicted molar refractivity (Wildman–Crippen MR) is 70.3 cm³/mol. The molecule has 0 radical (unpaired) electrons. The summed E-state index contributed by atoms with van der Waals surface area (Å²) >= 11 is 14.5. The van der Waals surface area contributed by atoms with E-state index in [-0.39, 0.29) is 0 Å². The number of nitrogen functional groups attached to an aromatic ring is 1. The van der Waals surface area contributed by atoms with E-state index in [1.165, 1.54) is 11.3 Å². The summed E-state index contributed by atoms with van der Waals surface area (Å²) in [6, 6.07) is 5.44. The molecule has 0 unspecified atom stereocenters. The van der Waals surface area contributed by atoms with Gasteiger partial charge in [-0.1, -0.05) is 22.9 Å². The number of anilines is 1. The van der Waals surface area contributed by atoms with Crippen LogP contribution in [0.5, 0.6) is 0 Å². The Balaban J connectivity index is 2.04. The number of hydrogen-bond acceptors (Lipinski definition) is 5. The van der Waals surface area contributed by atoms with E-state index in [9.17, 15) is 0 Å². The number of halogens is 2. The average molecular weight is 292 g/mol. The van der Waals surface area contributed by atoms with E-state index in [2.05, 4.69) is 10.2 Å². The molecule has 0 atom stereocenters. The molecule has 2 aromatic rings. The van der Waals surface area contributed by atoms with Gasteiger partial charge in [0.2, 0.25) is 4.47 Å². The van der Waals surface area contributed by atoms with Crippen LogP contribution in [0.1, 0.15) is 5.01 Å². The summed E-state index contributed by atoms with van der Waals surface area (Å²) in [5.74, 6) is 0.705.